The fraction of sp³-hybridized carbons (Fsp3) is 1.00. The predicted molar refractivity (Wildman–Crippen MR) is 69.9 cm³/mol. The number of rotatable bonds is 6. The van der Waals surface area contributed by atoms with Crippen molar-refractivity contribution in [1.82, 2.24) is 9.62 Å². The second kappa shape index (κ2) is 7.66. The highest BCUT2D eigenvalue weighted by molar-refractivity contribution is 7.89. The van der Waals surface area contributed by atoms with Gasteiger partial charge in [0.15, 0.2) is 0 Å². The molecule has 19 heavy (non-hydrogen) atoms. The maximum atomic E-state index is 12.0. The highest BCUT2D eigenvalue weighted by Gasteiger charge is 2.32. The number of nitrogens with one attached hydrogen (secondary N) is 1. The van der Waals surface area contributed by atoms with Crippen LogP contribution in [-0.2, 0) is 10.0 Å². The average Bonchev–Trinajstić information content (AvgIpc) is 2.65. The first kappa shape index (κ1) is 18.9. The lowest BCUT2D eigenvalue weighted by atomic mass is 10.1. The van der Waals surface area contributed by atoms with Crippen molar-refractivity contribution in [3.8, 4) is 0 Å². The van der Waals surface area contributed by atoms with Crippen LogP contribution in [-0.4, -0.2) is 51.3 Å². The zero-order valence-electron chi connectivity index (χ0n) is 10.7. The summed E-state index contributed by atoms with van der Waals surface area (Å²) in [5.41, 5.74) is 0. The van der Waals surface area contributed by atoms with E-state index in [4.69, 9.17) is 0 Å². The van der Waals surface area contributed by atoms with Crippen molar-refractivity contribution in [2.75, 3.05) is 32.4 Å². The zero-order valence-corrected chi connectivity index (χ0v) is 12.4. The lowest BCUT2D eigenvalue weighted by molar-refractivity contribution is -0.134. The predicted octanol–water partition coefficient (Wildman–Crippen LogP) is 1.62. The van der Waals surface area contributed by atoms with Gasteiger partial charge in [-0.25, -0.2) is 12.7 Å². The Labute approximate surface area is 118 Å². The van der Waals surface area contributed by atoms with Crippen LogP contribution in [0, 0.1) is 5.92 Å². The SMILES string of the molecule is CNCC1CCN(S(=O)(=O)CCCC(F)(F)F)C1.Cl. The van der Waals surface area contributed by atoms with Crippen molar-refractivity contribution in [3.63, 3.8) is 0 Å². The summed E-state index contributed by atoms with van der Waals surface area (Å²) in [4.78, 5) is 0. The first-order valence-corrected chi connectivity index (χ1v) is 7.55. The molecule has 1 fully saturated rings. The van der Waals surface area contributed by atoms with Gasteiger partial charge in [0.1, 0.15) is 0 Å². The molecule has 0 radical (unpaired) electrons. The van der Waals surface area contributed by atoms with E-state index in [-0.39, 0.29) is 24.7 Å². The summed E-state index contributed by atoms with van der Waals surface area (Å²) in [5.74, 6) is -0.161. The Bertz CT molecular complexity index is 362. The third-order valence-electron chi connectivity index (χ3n) is 3.00. The van der Waals surface area contributed by atoms with Crippen molar-refractivity contribution in [2.45, 2.75) is 25.4 Å². The van der Waals surface area contributed by atoms with Crippen LogP contribution in [0.5, 0.6) is 0 Å². The minimum absolute atomic E-state index is 0. The van der Waals surface area contributed by atoms with Gasteiger partial charge in [0, 0.05) is 19.5 Å². The molecule has 0 bridgehead atoms. The second-order valence-corrected chi connectivity index (χ2v) is 6.69. The molecule has 9 heteroatoms. The summed E-state index contributed by atoms with van der Waals surface area (Å²) < 4.78 is 60.8. The molecule has 1 aliphatic rings. The number of alkyl halides is 3. The summed E-state index contributed by atoms with van der Waals surface area (Å²) in [6, 6.07) is 0. The second-order valence-electron chi connectivity index (χ2n) is 4.61. The number of halogens is 4. The van der Waals surface area contributed by atoms with Crippen LogP contribution in [0.3, 0.4) is 0 Å². The molecule has 4 nitrogen and oxygen atoms in total. The van der Waals surface area contributed by atoms with Gasteiger partial charge < -0.3 is 5.32 Å². The van der Waals surface area contributed by atoms with E-state index < -0.39 is 28.4 Å². The monoisotopic (exact) mass is 324 g/mol. The van der Waals surface area contributed by atoms with Gasteiger partial charge in [-0.15, -0.1) is 12.4 Å². The molecule has 116 valence electrons. The van der Waals surface area contributed by atoms with Crippen LogP contribution < -0.4 is 5.32 Å². The fourth-order valence-electron chi connectivity index (χ4n) is 2.09. The van der Waals surface area contributed by atoms with Gasteiger partial charge in [-0.3, -0.25) is 0 Å². The van der Waals surface area contributed by atoms with E-state index in [0.717, 1.165) is 13.0 Å². The molecule has 1 aliphatic heterocycles. The van der Waals surface area contributed by atoms with E-state index in [2.05, 4.69) is 5.32 Å². The van der Waals surface area contributed by atoms with E-state index in [1.165, 1.54) is 4.31 Å². The number of sulfonamides is 1. The van der Waals surface area contributed by atoms with Crippen LogP contribution in [0.15, 0.2) is 0 Å². The van der Waals surface area contributed by atoms with E-state index in [1.54, 1.807) is 7.05 Å². The molecular formula is C10H20ClF3N2O2S. The van der Waals surface area contributed by atoms with E-state index >= 15 is 0 Å². The van der Waals surface area contributed by atoms with E-state index in [0.29, 0.717) is 13.1 Å². The Morgan fingerprint density at radius 1 is 1.37 bits per heavy atom. The molecule has 1 saturated heterocycles. The molecular weight excluding hydrogens is 305 g/mol. The van der Waals surface area contributed by atoms with Gasteiger partial charge in [0.25, 0.3) is 0 Å². The van der Waals surface area contributed by atoms with Crippen LogP contribution in [0.4, 0.5) is 13.2 Å². The summed E-state index contributed by atoms with van der Waals surface area (Å²) in [6.45, 7) is 1.56. The smallest absolute Gasteiger partial charge is 0.319 e. The average molecular weight is 325 g/mol. The van der Waals surface area contributed by atoms with Crippen LogP contribution in [0.2, 0.25) is 0 Å². The Morgan fingerprint density at radius 2 is 2.00 bits per heavy atom. The third-order valence-corrected chi connectivity index (χ3v) is 4.92. The van der Waals surface area contributed by atoms with Crippen molar-refractivity contribution < 1.29 is 21.6 Å². The lowest BCUT2D eigenvalue weighted by Gasteiger charge is -2.16. The van der Waals surface area contributed by atoms with E-state index in [1.807, 2.05) is 0 Å². The maximum absolute atomic E-state index is 12.0. The largest absolute Gasteiger partial charge is 0.389 e. The highest BCUT2D eigenvalue weighted by Crippen LogP contribution is 2.24. The molecule has 0 aromatic carbocycles. The molecule has 0 spiro atoms. The van der Waals surface area contributed by atoms with Gasteiger partial charge in [-0.2, -0.15) is 13.2 Å². The minimum atomic E-state index is -4.28. The summed E-state index contributed by atoms with van der Waals surface area (Å²) in [6.07, 6.45) is -4.92. The van der Waals surface area contributed by atoms with Gasteiger partial charge in [-0.05, 0) is 32.4 Å². The van der Waals surface area contributed by atoms with Crippen molar-refractivity contribution in [2.24, 2.45) is 5.92 Å². The first-order chi connectivity index (χ1) is 8.24. The lowest BCUT2D eigenvalue weighted by Crippen LogP contribution is -2.32. The van der Waals surface area contributed by atoms with Crippen molar-refractivity contribution >= 4 is 22.4 Å². The summed E-state index contributed by atoms with van der Waals surface area (Å²) in [7, 11) is -1.74. The molecule has 0 aromatic heterocycles. The molecule has 1 rings (SSSR count). The maximum Gasteiger partial charge on any atom is 0.389 e. The number of hydrogen-bond acceptors (Lipinski definition) is 3. The fourth-order valence-corrected chi connectivity index (χ4v) is 3.68. The standard InChI is InChI=1S/C10H19F3N2O2S.ClH/c1-14-7-9-3-5-15(8-9)18(16,17)6-2-4-10(11,12)13;/h9,14H,2-8H2,1H3;1H. The Kier molecular flexibility index (Phi) is 7.64. The Morgan fingerprint density at radius 3 is 2.53 bits per heavy atom. The van der Waals surface area contributed by atoms with Crippen molar-refractivity contribution in [1.29, 1.82) is 0 Å². The number of nitrogens with zero attached hydrogens (tertiary/aromatic N) is 1. The van der Waals surface area contributed by atoms with Crippen LogP contribution in [0.25, 0.3) is 0 Å². The van der Waals surface area contributed by atoms with Gasteiger partial charge >= 0.3 is 6.18 Å². The number of hydrogen-bond donors (Lipinski definition) is 1. The third kappa shape index (κ3) is 6.78. The topological polar surface area (TPSA) is 49.4 Å². The van der Waals surface area contributed by atoms with Crippen LogP contribution >= 0.6 is 12.4 Å². The molecule has 0 amide bonds. The molecule has 0 saturated carbocycles. The molecule has 1 N–H and O–H groups in total. The van der Waals surface area contributed by atoms with E-state index in [9.17, 15) is 21.6 Å². The Balaban J connectivity index is 0.00000324. The normalized spacial score (nSPS) is 21.4. The quantitative estimate of drug-likeness (QED) is 0.808. The highest BCUT2D eigenvalue weighted by atomic mass is 35.5. The summed E-state index contributed by atoms with van der Waals surface area (Å²) in [5, 5.41) is 2.97. The van der Waals surface area contributed by atoms with Gasteiger partial charge in [0.2, 0.25) is 10.0 Å². The first-order valence-electron chi connectivity index (χ1n) is 5.94. The van der Waals surface area contributed by atoms with Gasteiger partial charge in [-0.1, -0.05) is 0 Å². The molecule has 1 heterocycles. The molecule has 0 aliphatic carbocycles. The molecule has 1 atom stereocenters. The minimum Gasteiger partial charge on any atom is -0.319 e. The molecule has 0 aromatic rings. The Hall–Kier alpha value is -0.0500. The zero-order chi connectivity index (χ0) is 13.8. The van der Waals surface area contributed by atoms with Gasteiger partial charge in [0.05, 0.1) is 5.75 Å². The molecule has 1 unspecified atom stereocenters. The van der Waals surface area contributed by atoms with Crippen molar-refractivity contribution in [3.05, 3.63) is 0 Å². The summed E-state index contributed by atoms with van der Waals surface area (Å²) >= 11 is 0. The van der Waals surface area contributed by atoms with Crippen LogP contribution in [0.1, 0.15) is 19.3 Å².